The summed E-state index contributed by atoms with van der Waals surface area (Å²) in [5.74, 6) is 0. The highest BCUT2D eigenvalue weighted by Gasteiger charge is 1.94. The van der Waals surface area contributed by atoms with Crippen LogP contribution in [0, 0.1) is 22.7 Å². The summed E-state index contributed by atoms with van der Waals surface area (Å²) in [6, 6.07) is 15.1. The molecular formula is C17H12N4. The monoisotopic (exact) mass is 272 g/mol. The Labute approximate surface area is 123 Å². The molecule has 0 amide bonds. The van der Waals surface area contributed by atoms with Crippen LogP contribution in [0.4, 0.5) is 5.69 Å². The predicted octanol–water partition coefficient (Wildman–Crippen LogP) is 3.59. The third-order valence-electron chi connectivity index (χ3n) is 2.69. The first-order valence-corrected chi connectivity index (χ1v) is 6.27. The lowest BCUT2D eigenvalue weighted by Gasteiger charge is -2.02. The van der Waals surface area contributed by atoms with Gasteiger partial charge in [-0.1, -0.05) is 24.3 Å². The van der Waals surface area contributed by atoms with Crippen molar-refractivity contribution in [1.82, 2.24) is 4.98 Å². The molecule has 0 saturated heterocycles. The number of benzene rings is 1. The summed E-state index contributed by atoms with van der Waals surface area (Å²) in [4.78, 5) is 3.97. The van der Waals surface area contributed by atoms with Crippen molar-refractivity contribution in [3.63, 3.8) is 0 Å². The van der Waals surface area contributed by atoms with Crippen LogP contribution in [0.5, 0.6) is 0 Å². The second kappa shape index (κ2) is 7.28. The lowest BCUT2D eigenvalue weighted by Crippen LogP contribution is -1.89. The molecule has 0 fully saturated rings. The Morgan fingerprint density at radius 3 is 2.43 bits per heavy atom. The molecule has 0 radical (unpaired) electrons. The van der Waals surface area contributed by atoms with Gasteiger partial charge in [0.25, 0.3) is 0 Å². The first-order valence-electron chi connectivity index (χ1n) is 6.27. The number of pyridine rings is 1. The average molecular weight is 272 g/mol. The molecule has 1 N–H and O–H groups in total. The third kappa shape index (κ3) is 4.34. The molecule has 0 bridgehead atoms. The molecule has 0 aliphatic rings. The van der Waals surface area contributed by atoms with Crippen molar-refractivity contribution in [2.45, 2.75) is 0 Å². The molecule has 2 rings (SSSR count). The van der Waals surface area contributed by atoms with Gasteiger partial charge in [-0.25, -0.2) is 0 Å². The zero-order valence-corrected chi connectivity index (χ0v) is 11.2. The van der Waals surface area contributed by atoms with Crippen LogP contribution >= 0.6 is 0 Å². The highest BCUT2D eigenvalue weighted by molar-refractivity contribution is 5.71. The highest BCUT2D eigenvalue weighted by Crippen LogP contribution is 2.14. The predicted molar refractivity (Wildman–Crippen MR) is 82.5 cm³/mol. The van der Waals surface area contributed by atoms with Crippen LogP contribution in [-0.2, 0) is 0 Å². The Kier molecular flexibility index (Phi) is 4.87. The van der Waals surface area contributed by atoms with E-state index >= 15 is 0 Å². The second-order valence-corrected chi connectivity index (χ2v) is 4.17. The number of rotatable bonds is 4. The number of hydrogen-bond donors (Lipinski definition) is 1. The second-order valence-electron chi connectivity index (χ2n) is 4.17. The Bertz CT molecular complexity index is 730. The minimum Gasteiger partial charge on any atom is -0.360 e. The largest absolute Gasteiger partial charge is 0.360 e. The Balaban J connectivity index is 2.12. The van der Waals surface area contributed by atoms with Crippen molar-refractivity contribution in [3.05, 3.63) is 71.7 Å². The van der Waals surface area contributed by atoms with Crippen molar-refractivity contribution in [1.29, 1.82) is 10.5 Å². The molecule has 0 atom stereocenters. The molecule has 1 aromatic heterocycles. The van der Waals surface area contributed by atoms with Crippen LogP contribution in [-0.4, -0.2) is 4.98 Å². The summed E-state index contributed by atoms with van der Waals surface area (Å²) < 4.78 is 0. The Hall–Kier alpha value is -3.37. The average Bonchev–Trinajstić information content (AvgIpc) is 2.55. The van der Waals surface area contributed by atoms with Crippen molar-refractivity contribution in [2.24, 2.45) is 0 Å². The fraction of sp³-hybridized carbons (Fsp3) is 0. The fourth-order valence-electron chi connectivity index (χ4n) is 1.64. The fourth-order valence-corrected chi connectivity index (χ4v) is 1.64. The maximum atomic E-state index is 8.67. The molecule has 4 heteroatoms. The first kappa shape index (κ1) is 14.0. The maximum absolute atomic E-state index is 8.67. The van der Waals surface area contributed by atoms with Crippen molar-refractivity contribution >= 4 is 17.8 Å². The van der Waals surface area contributed by atoms with Gasteiger partial charge in [-0.15, -0.1) is 0 Å². The number of allylic oxidation sites excluding steroid dienone is 1. The molecule has 0 unspecified atom stereocenters. The Morgan fingerprint density at radius 1 is 1.00 bits per heavy atom. The van der Waals surface area contributed by atoms with E-state index in [4.69, 9.17) is 10.5 Å². The van der Waals surface area contributed by atoms with E-state index in [-0.39, 0.29) is 5.57 Å². The maximum Gasteiger partial charge on any atom is 0.145 e. The number of anilines is 1. The van der Waals surface area contributed by atoms with Gasteiger partial charge in [0, 0.05) is 24.3 Å². The van der Waals surface area contributed by atoms with Gasteiger partial charge in [0.2, 0.25) is 0 Å². The molecule has 0 saturated carbocycles. The summed E-state index contributed by atoms with van der Waals surface area (Å²) in [6.07, 6.45) is 8.86. The summed E-state index contributed by atoms with van der Waals surface area (Å²) in [5.41, 5.74) is 2.93. The van der Waals surface area contributed by atoms with Crippen LogP contribution in [0.15, 0.2) is 60.6 Å². The molecule has 0 aliphatic heterocycles. The smallest absolute Gasteiger partial charge is 0.145 e. The standard InChI is InChI=1S/C17H12N4/c18-11-16(12-19)13-21-17-3-1-2-15(10-17)5-4-14-6-8-20-9-7-14/h1-10,13,21H. The van der Waals surface area contributed by atoms with Gasteiger partial charge in [-0.2, -0.15) is 10.5 Å². The number of hydrogen-bond acceptors (Lipinski definition) is 4. The number of nitriles is 2. The molecular weight excluding hydrogens is 260 g/mol. The van der Waals surface area contributed by atoms with E-state index in [0.717, 1.165) is 16.8 Å². The molecule has 100 valence electrons. The SMILES string of the molecule is N#CC(C#N)=CNc1cccc(C=Cc2ccncc2)c1. The van der Waals surface area contributed by atoms with Crippen molar-refractivity contribution in [2.75, 3.05) is 5.32 Å². The van der Waals surface area contributed by atoms with Gasteiger partial charge in [-0.3, -0.25) is 4.98 Å². The minimum absolute atomic E-state index is 0.0349. The van der Waals surface area contributed by atoms with E-state index < -0.39 is 0 Å². The Morgan fingerprint density at radius 2 is 1.71 bits per heavy atom. The van der Waals surface area contributed by atoms with Gasteiger partial charge >= 0.3 is 0 Å². The van der Waals surface area contributed by atoms with Crippen LogP contribution in [0.3, 0.4) is 0 Å². The van der Waals surface area contributed by atoms with Crippen LogP contribution in [0.1, 0.15) is 11.1 Å². The van der Waals surface area contributed by atoms with E-state index in [2.05, 4.69) is 10.3 Å². The van der Waals surface area contributed by atoms with E-state index in [0.29, 0.717) is 0 Å². The number of aromatic nitrogens is 1. The van der Waals surface area contributed by atoms with Crippen LogP contribution in [0.2, 0.25) is 0 Å². The minimum atomic E-state index is 0.0349. The normalized spacial score (nSPS) is 9.62. The molecule has 1 heterocycles. The number of nitrogens with zero attached hydrogens (tertiary/aromatic N) is 3. The van der Waals surface area contributed by atoms with Gasteiger partial charge in [0.1, 0.15) is 17.7 Å². The van der Waals surface area contributed by atoms with E-state index in [1.165, 1.54) is 6.20 Å². The van der Waals surface area contributed by atoms with Crippen molar-refractivity contribution < 1.29 is 0 Å². The molecule has 4 nitrogen and oxygen atoms in total. The molecule has 0 aliphatic carbocycles. The highest BCUT2D eigenvalue weighted by atomic mass is 14.8. The topological polar surface area (TPSA) is 72.5 Å². The number of nitrogens with one attached hydrogen (secondary N) is 1. The van der Waals surface area contributed by atoms with Gasteiger partial charge in [-0.05, 0) is 35.4 Å². The van der Waals surface area contributed by atoms with Gasteiger partial charge in [0.05, 0.1) is 0 Å². The summed E-state index contributed by atoms with van der Waals surface area (Å²) >= 11 is 0. The molecule has 2 aromatic rings. The quantitative estimate of drug-likeness (QED) is 0.863. The van der Waals surface area contributed by atoms with Crippen LogP contribution in [0.25, 0.3) is 12.2 Å². The van der Waals surface area contributed by atoms with Crippen LogP contribution < -0.4 is 5.32 Å². The molecule has 0 spiro atoms. The molecule has 1 aromatic carbocycles. The van der Waals surface area contributed by atoms with Gasteiger partial charge in [0.15, 0.2) is 0 Å². The van der Waals surface area contributed by atoms with E-state index in [1.54, 1.807) is 24.5 Å². The van der Waals surface area contributed by atoms with Gasteiger partial charge < -0.3 is 5.32 Å². The lowest BCUT2D eigenvalue weighted by molar-refractivity contribution is 1.32. The zero-order valence-electron chi connectivity index (χ0n) is 11.2. The van der Waals surface area contributed by atoms with Crippen molar-refractivity contribution in [3.8, 4) is 12.1 Å². The zero-order chi connectivity index (χ0) is 14.9. The third-order valence-corrected chi connectivity index (χ3v) is 2.69. The first-order chi connectivity index (χ1) is 10.3. The lowest BCUT2D eigenvalue weighted by atomic mass is 10.1. The summed E-state index contributed by atoms with van der Waals surface area (Å²) in [6.45, 7) is 0. The van der Waals surface area contributed by atoms with E-state index in [1.807, 2.05) is 48.6 Å². The summed E-state index contributed by atoms with van der Waals surface area (Å²) in [5, 5.41) is 20.3. The summed E-state index contributed by atoms with van der Waals surface area (Å²) in [7, 11) is 0. The molecule has 21 heavy (non-hydrogen) atoms. The van der Waals surface area contributed by atoms with E-state index in [9.17, 15) is 0 Å².